The maximum atomic E-state index is 9.06. The van der Waals surface area contributed by atoms with Crippen molar-refractivity contribution in [2.75, 3.05) is 0 Å². The first-order chi connectivity index (χ1) is 8.50. The fourth-order valence-electron chi connectivity index (χ4n) is 1.97. The molecule has 2 heteroatoms. The molecule has 0 atom stereocenters. The number of rotatable bonds is 3. The van der Waals surface area contributed by atoms with E-state index in [1.54, 1.807) is 3.58 Å². The van der Waals surface area contributed by atoms with Crippen molar-refractivity contribution >= 4 is 22.0 Å². The standard InChI is InChI=1S/C13H11O.3CH3.Sn/c14-10-11-6-8-13(9-7-11)12-4-2-1-3-5-12;;;;/h1-2,4-9,14H,10H2;3*1H3;. The summed E-state index contributed by atoms with van der Waals surface area (Å²) >= 11 is -1.98. The van der Waals surface area contributed by atoms with Gasteiger partial charge in [0, 0.05) is 0 Å². The zero-order chi connectivity index (χ0) is 13.2. The van der Waals surface area contributed by atoms with Crippen LogP contribution in [0.3, 0.4) is 0 Å². The average Bonchev–Trinajstić information content (AvgIpc) is 2.38. The number of aliphatic hydroxyl groups excluding tert-OH is 1. The first-order valence-corrected chi connectivity index (χ1v) is 16.3. The van der Waals surface area contributed by atoms with Crippen molar-refractivity contribution in [2.24, 2.45) is 0 Å². The molecule has 0 aliphatic rings. The summed E-state index contributed by atoms with van der Waals surface area (Å²) in [6, 6.07) is 17.1. The summed E-state index contributed by atoms with van der Waals surface area (Å²) in [5.74, 6) is 0. The molecule has 0 saturated heterocycles. The molecule has 0 radical (unpaired) electrons. The summed E-state index contributed by atoms with van der Waals surface area (Å²) in [6.45, 7) is 0.110. The van der Waals surface area contributed by atoms with E-state index in [2.05, 4.69) is 51.2 Å². The van der Waals surface area contributed by atoms with E-state index < -0.39 is 18.4 Å². The predicted octanol–water partition coefficient (Wildman–Crippen LogP) is 3.39. The van der Waals surface area contributed by atoms with Gasteiger partial charge in [0.2, 0.25) is 0 Å². The SMILES string of the molecule is [CH3][Sn]([CH3])([CH3])[c]1cccc(-c2ccc(CO)cc2)c1. The van der Waals surface area contributed by atoms with Crippen LogP contribution in [-0.2, 0) is 6.61 Å². The fourth-order valence-corrected chi connectivity index (χ4v) is 5.35. The van der Waals surface area contributed by atoms with E-state index in [0.29, 0.717) is 0 Å². The van der Waals surface area contributed by atoms with Gasteiger partial charge in [0.05, 0.1) is 0 Å². The normalized spacial score (nSPS) is 11.6. The van der Waals surface area contributed by atoms with Gasteiger partial charge in [-0.25, -0.2) is 0 Å². The van der Waals surface area contributed by atoms with Crippen molar-refractivity contribution in [1.82, 2.24) is 0 Å². The zero-order valence-electron chi connectivity index (χ0n) is 11.3. The van der Waals surface area contributed by atoms with Crippen molar-refractivity contribution in [3.63, 3.8) is 0 Å². The molecule has 2 rings (SSSR count). The van der Waals surface area contributed by atoms with Crippen LogP contribution in [0, 0.1) is 0 Å². The summed E-state index contributed by atoms with van der Waals surface area (Å²) in [7, 11) is 0. The second-order valence-electron chi connectivity index (χ2n) is 5.69. The van der Waals surface area contributed by atoms with Gasteiger partial charge in [0.1, 0.15) is 0 Å². The van der Waals surface area contributed by atoms with Crippen LogP contribution in [-0.4, -0.2) is 23.5 Å². The Morgan fingerprint density at radius 1 is 0.889 bits per heavy atom. The Labute approximate surface area is 113 Å². The predicted molar refractivity (Wildman–Crippen MR) is 80.8 cm³/mol. The second kappa shape index (κ2) is 5.45. The molecule has 18 heavy (non-hydrogen) atoms. The molecule has 1 nitrogen and oxygen atoms in total. The Morgan fingerprint density at radius 2 is 1.56 bits per heavy atom. The number of benzene rings is 2. The monoisotopic (exact) mass is 348 g/mol. The van der Waals surface area contributed by atoms with Crippen molar-refractivity contribution in [3.8, 4) is 11.1 Å². The van der Waals surface area contributed by atoms with Gasteiger partial charge in [-0.05, 0) is 0 Å². The molecule has 0 unspecified atom stereocenters. The molecule has 0 spiro atoms. The Morgan fingerprint density at radius 3 is 2.11 bits per heavy atom. The quantitative estimate of drug-likeness (QED) is 0.844. The number of aliphatic hydroxyl groups is 1. The van der Waals surface area contributed by atoms with Gasteiger partial charge >= 0.3 is 114 Å². The maximum absolute atomic E-state index is 9.06. The van der Waals surface area contributed by atoms with E-state index in [1.807, 2.05) is 12.1 Å². The third kappa shape index (κ3) is 3.15. The van der Waals surface area contributed by atoms with E-state index >= 15 is 0 Å². The van der Waals surface area contributed by atoms with Crippen LogP contribution in [0.15, 0.2) is 48.5 Å². The van der Waals surface area contributed by atoms with Gasteiger partial charge in [-0.3, -0.25) is 0 Å². The molecule has 0 aromatic heterocycles. The van der Waals surface area contributed by atoms with Crippen molar-refractivity contribution < 1.29 is 5.11 Å². The summed E-state index contributed by atoms with van der Waals surface area (Å²) in [5.41, 5.74) is 3.47. The topological polar surface area (TPSA) is 20.2 Å². The zero-order valence-corrected chi connectivity index (χ0v) is 14.1. The Hall–Kier alpha value is -0.801. The summed E-state index contributed by atoms with van der Waals surface area (Å²) in [4.78, 5) is 7.30. The average molecular weight is 347 g/mol. The molecule has 0 aliphatic heterocycles. The molecule has 1 N–H and O–H groups in total. The van der Waals surface area contributed by atoms with Crippen LogP contribution >= 0.6 is 0 Å². The van der Waals surface area contributed by atoms with Crippen molar-refractivity contribution in [3.05, 3.63) is 54.1 Å². The van der Waals surface area contributed by atoms with Crippen LogP contribution < -0.4 is 3.58 Å². The minimum absolute atomic E-state index is 0.110. The molecule has 0 aliphatic carbocycles. The first-order valence-electron chi connectivity index (χ1n) is 6.31. The molecule has 2 aromatic carbocycles. The van der Waals surface area contributed by atoms with Gasteiger partial charge in [0.25, 0.3) is 0 Å². The third-order valence-electron chi connectivity index (χ3n) is 3.20. The number of hydrogen-bond donors (Lipinski definition) is 1. The van der Waals surface area contributed by atoms with Gasteiger partial charge in [0.15, 0.2) is 0 Å². The van der Waals surface area contributed by atoms with Gasteiger partial charge < -0.3 is 0 Å². The van der Waals surface area contributed by atoms with Crippen LogP contribution in [0.2, 0.25) is 14.8 Å². The van der Waals surface area contributed by atoms with Crippen LogP contribution in [0.1, 0.15) is 5.56 Å². The molecular weight excluding hydrogens is 327 g/mol. The van der Waals surface area contributed by atoms with Gasteiger partial charge in [-0.15, -0.1) is 0 Å². The number of hydrogen-bond acceptors (Lipinski definition) is 1. The Bertz CT molecular complexity index is 524. The van der Waals surface area contributed by atoms with E-state index in [1.165, 1.54) is 11.1 Å². The Kier molecular flexibility index (Phi) is 4.13. The van der Waals surface area contributed by atoms with E-state index in [0.717, 1.165) is 5.56 Å². The Balaban J connectivity index is 2.38. The van der Waals surface area contributed by atoms with Gasteiger partial charge in [-0.2, -0.15) is 0 Å². The van der Waals surface area contributed by atoms with E-state index in [4.69, 9.17) is 5.11 Å². The van der Waals surface area contributed by atoms with E-state index in [9.17, 15) is 0 Å². The van der Waals surface area contributed by atoms with E-state index in [-0.39, 0.29) is 6.61 Å². The molecule has 0 bridgehead atoms. The fraction of sp³-hybridized carbons (Fsp3) is 0.250. The van der Waals surface area contributed by atoms with Crippen LogP contribution in [0.5, 0.6) is 0 Å². The molecular formula is C16H20OSn. The summed E-state index contributed by atoms with van der Waals surface area (Å²) in [5, 5.41) is 9.06. The molecule has 0 fully saturated rings. The van der Waals surface area contributed by atoms with Crippen LogP contribution in [0.4, 0.5) is 0 Å². The minimum atomic E-state index is -1.98. The van der Waals surface area contributed by atoms with Crippen molar-refractivity contribution in [1.29, 1.82) is 0 Å². The molecule has 0 amide bonds. The second-order valence-corrected chi connectivity index (χ2v) is 20.2. The molecule has 0 heterocycles. The molecule has 94 valence electrons. The van der Waals surface area contributed by atoms with Crippen molar-refractivity contribution in [2.45, 2.75) is 21.4 Å². The summed E-state index contributed by atoms with van der Waals surface area (Å²) < 4.78 is 1.55. The summed E-state index contributed by atoms with van der Waals surface area (Å²) in [6.07, 6.45) is 0. The first kappa shape index (κ1) is 13.6. The van der Waals surface area contributed by atoms with Gasteiger partial charge in [-0.1, -0.05) is 0 Å². The van der Waals surface area contributed by atoms with Crippen LogP contribution in [0.25, 0.3) is 11.1 Å². The molecule has 2 aromatic rings. The third-order valence-corrected chi connectivity index (χ3v) is 9.03. The molecule has 0 saturated carbocycles.